The first-order valence-electron chi connectivity index (χ1n) is 10.9. The fourth-order valence-corrected chi connectivity index (χ4v) is 4.30. The van der Waals surface area contributed by atoms with Crippen molar-refractivity contribution < 1.29 is 14.3 Å². The van der Waals surface area contributed by atoms with Crippen molar-refractivity contribution in [2.75, 3.05) is 20.0 Å². The molecule has 0 aliphatic carbocycles. The Bertz CT molecular complexity index is 1370. The van der Waals surface area contributed by atoms with Crippen molar-refractivity contribution in [3.8, 4) is 28.6 Å². The van der Waals surface area contributed by atoms with Gasteiger partial charge in [0, 0.05) is 21.8 Å². The molecule has 1 N–H and O–H groups in total. The number of carbonyl (C=O) groups is 1. The van der Waals surface area contributed by atoms with Crippen molar-refractivity contribution in [2.24, 2.45) is 5.10 Å². The number of hydrogen-bond donors (Lipinski definition) is 1. The number of aromatic nitrogens is 3. The summed E-state index contributed by atoms with van der Waals surface area (Å²) in [6, 6.07) is 20.8. The molecule has 0 saturated heterocycles. The van der Waals surface area contributed by atoms with Crippen LogP contribution in [-0.4, -0.2) is 46.9 Å². The number of nitrogens with one attached hydrogen (secondary N) is 1. The summed E-state index contributed by atoms with van der Waals surface area (Å²) in [6.45, 7) is 2.03. The third-order valence-electron chi connectivity index (χ3n) is 5.19. The van der Waals surface area contributed by atoms with Crippen molar-refractivity contribution in [3.63, 3.8) is 0 Å². The third-order valence-corrected chi connectivity index (χ3v) is 6.37. The van der Waals surface area contributed by atoms with E-state index in [1.807, 2.05) is 60.0 Å². The second-order valence-corrected chi connectivity index (χ2v) is 9.03. The van der Waals surface area contributed by atoms with Gasteiger partial charge in [0.05, 0.1) is 26.2 Å². The second kappa shape index (κ2) is 11.7. The Morgan fingerprint density at radius 1 is 1.06 bits per heavy atom. The normalized spacial score (nSPS) is 11.0. The summed E-state index contributed by atoms with van der Waals surface area (Å²) < 4.78 is 12.6. The van der Waals surface area contributed by atoms with E-state index in [9.17, 15) is 4.79 Å². The second-order valence-electron chi connectivity index (χ2n) is 7.65. The molecule has 0 aliphatic rings. The summed E-state index contributed by atoms with van der Waals surface area (Å²) in [7, 11) is 3.11. The van der Waals surface area contributed by atoms with Crippen LogP contribution in [0.25, 0.3) is 17.1 Å². The average Bonchev–Trinajstić information content (AvgIpc) is 3.32. The molecule has 10 heteroatoms. The first-order valence-corrected chi connectivity index (χ1v) is 12.3. The molecule has 0 spiro atoms. The molecule has 1 aromatic heterocycles. The minimum Gasteiger partial charge on any atom is -0.493 e. The van der Waals surface area contributed by atoms with Gasteiger partial charge in [-0.2, -0.15) is 5.10 Å². The molecule has 184 valence electrons. The van der Waals surface area contributed by atoms with Gasteiger partial charge in [0.15, 0.2) is 22.5 Å². The first kappa shape index (κ1) is 25.3. The number of halogens is 1. The van der Waals surface area contributed by atoms with Crippen LogP contribution in [0.3, 0.4) is 0 Å². The van der Waals surface area contributed by atoms with E-state index >= 15 is 0 Å². The van der Waals surface area contributed by atoms with Gasteiger partial charge in [-0.3, -0.25) is 9.36 Å². The number of hydrogen-bond acceptors (Lipinski definition) is 7. The van der Waals surface area contributed by atoms with E-state index in [1.165, 1.54) is 18.0 Å². The molecule has 36 heavy (non-hydrogen) atoms. The number of thioether (sulfide) groups is 1. The van der Waals surface area contributed by atoms with Crippen LogP contribution in [0.4, 0.5) is 0 Å². The highest BCUT2D eigenvalue weighted by Crippen LogP contribution is 2.30. The van der Waals surface area contributed by atoms with E-state index in [0.29, 0.717) is 33.1 Å². The van der Waals surface area contributed by atoms with Crippen LogP contribution in [0.15, 0.2) is 77.0 Å². The molecule has 0 unspecified atom stereocenters. The van der Waals surface area contributed by atoms with Crippen molar-refractivity contribution in [1.29, 1.82) is 0 Å². The number of benzene rings is 3. The maximum atomic E-state index is 12.5. The topological polar surface area (TPSA) is 90.6 Å². The lowest BCUT2D eigenvalue weighted by molar-refractivity contribution is -0.118. The van der Waals surface area contributed by atoms with Gasteiger partial charge in [-0.1, -0.05) is 59.3 Å². The van der Waals surface area contributed by atoms with Gasteiger partial charge < -0.3 is 9.47 Å². The molecule has 1 amide bonds. The van der Waals surface area contributed by atoms with E-state index in [1.54, 1.807) is 32.4 Å². The quantitative estimate of drug-likeness (QED) is 0.186. The largest absolute Gasteiger partial charge is 0.493 e. The summed E-state index contributed by atoms with van der Waals surface area (Å²) in [4.78, 5) is 12.5. The Kier molecular flexibility index (Phi) is 8.24. The Morgan fingerprint density at radius 2 is 1.81 bits per heavy atom. The molecule has 0 radical (unpaired) electrons. The Balaban J connectivity index is 1.50. The zero-order valence-corrected chi connectivity index (χ0v) is 21.5. The van der Waals surface area contributed by atoms with Gasteiger partial charge in [-0.05, 0) is 43.3 Å². The standard InChI is InChI=1S/C26H24ClN5O3S/c1-17-7-9-18(10-8-17)25-30-31-26(32(25)21-13-11-20(27)12-14-21)36-16-23(33)29-28-15-19-5-4-6-22(34-2)24(19)35-3/h4-15H,16H2,1-3H3,(H,29,33). The summed E-state index contributed by atoms with van der Waals surface area (Å²) in [5.74, 6) is 1.58. The van der Waals surface area contributed by atoms with Gasteiger partial charge in [-0.25, -0.2) is 5.43 Å². The third kappa shape index (κ3) is 5.87. The maximum absolute atomic E-state index is 12.5. The van der Waals surface area contributed by atoms with E-state index in [2.05, 4.69) is 20.7 Å². The Morgan fingerprint density at radius 3 is 2.50 bits per heavy atom. The fraction of sp³-hybridized carbons (Fsp3) is 0.154. The lowest BCUT2D eigenvalue weighted by Crippen LogP contribution is -2.20. The molecule has 0 aliphatic heterocycles. The smallest absolute Gasteiger partial charge is 0.250 e. The molecule has 0 atom stereocenters. The summed E-state index contributed by atoms with van der Waals surface area (Å²) >= 11 is 7.35. The van der Waals surface area contributed by atoms with Gasteiger partial charge >= 0.3 is 0 Å². The molecule has 3 aromatic carbocycles. The lowest BCUT2D eigenvalue weighted by atomic mass is 10.1. The number of methoxy groups -OCH3 is 2. The monoisotopic (exact) mass is 521 g/mol. The number of amides is 1. The van der Waals surface area contributed by atoms with Crippen molar-refractivity contribution in [2.45, 2.75) is 12.1 Å². The van der Waals surface area contributed by atoms with Crippen LogP contribution >= 0.6 is 23.4 Å². The van der Waals surface area contributed by atoms with Crippen molar-refractivity contribution in [3.05, 3.63) is 82.9 Å². The van der Waals surface area contributed by atoms with Gasteiger partial charge in [0.1, 0.15) is 0 Å². The maximum Gasteiger partial charge on any atom is 0.250 e. The molecular formula is C26H24ClN5O3S. The number of carbonyl (C=O) groups excluding carboxylic acids is 1. The van der Waals surface area contributed by atoms with Crippen LogP contribution in [0.5, 0.6) is 11.5 Å². The highest BCUT2D eigenvalue weighted by Gasteiger charge is 2.17. The zero-order valence-electron chi connectivity index (χ0n) is 19.9. The van der Waals surface area contributed by atoms with E-state index in [-0.39, 0.29) is 11.7 Å². The minimum absolute atomic E-state index is 0.0895. The molecule has 8 nitrogen and oxygen atoms in total. The minimum atomic E-state index is -0.291. The van der Waals surface area contributed by atoms with Gasteiger partial charge in [0.2, 0.25) is 0 Å². The average molecular weight is 522 g/mol. The SMILES string of the molecule is COc1cccc(C=NNC(=O)CSc2nnc(-c3ccc(C)cc3)n2-c2ccc(Cl)cc2)c1OC. The highest BCUT2D eigenvalue weighted by molar-refractivity contribution is 7.99. The number of para-hydroxylation sites is 1. The van der Waals surface area contributed by atoms with Crippen LogP contribution in [0.2, 0.25) is 5.02 Å². The summed E-state index contributed by atoms with van der Waals surface area (Å²) in [6.07, 6.45) is 1.51. The molecule has 0 saturated carbocycles. The van der Waals surface area contributed by atoms with Gasteiger partial charge in [0.25, 0.3) is 5.91 Å². The molecule has 4 aromatic rings. The van der Waals surface area contributed by atoms with Crippen molar-refractivity contribution >= 4 is 35.5 Å². The van der Waals surface area contributed by atoms with Crippen LogP contribution in [0.1, 0.15) is 11.1 Å². The Labute approximate surface area is 218 Å². The van der Waals surface area contributed by atoms with E-state index in [4.69, 9.17) is 21.1 Å². The summed E-state index contributed by atoms with van der Waals surface area (Å²) in [5.41, 5.74) is 6.12. The van der Waals surface area contributed by atoms with E-state index < -0.39 is 0 Å². The number of nitrogens with zero attached hydrogens (tertiary/aromatic N) is 4. The number of aryl methyl sites for hydroxylation is 1. The summed E-state index contributed by atoms with van der Waals surface area (Å²) in [5, 5.41) is 14.0. The van der Waals surface area contributed by atoms with Gasteiger partial charge in [-0.15, -0.1) is 10.2 Å². The molecule has 4 rings (SSSR count). The van der Waals surface area contributed by atoms with Crippen LogP contribution < -0.4 is 14.9 Å². The Hall–Kier alpha value is -3.82. The molecular weight excluding hydrogens is 498 g/mol. The first-order chi connectivity index (χ1) is 17.5. The predicted octanol–water partition coefficient (Wildman–Crippen LogP) is 5.16. The highest BCUT2D eigenvalue weighted by atomic mass is 35.5. The molecule has 0 fully saturated rings. The molecule has 0 bridgehead atoms. The zero-order chi connectivity index (χ0) is 25.5. The fourth-order valence-electron chi connectivity index (χ4n) is 3.43. The molecule has 1 heterocycles. The van der Waals surface area contributed by atoms with Crippen molar-refractivity contribution in [1.82, 2.24) is 20.2 Å². The number of rotatable bonds is 9. The number of hydrazone groups is 1. The predicted molar refractivity (Wildman–Crippen MR) is 143 cm³/mol. The van der Waals surface area contributed by atoms with Crippen LogP contribution in [-0.2, 0) is 4.79 Å². The van der Waals surface area contributed by atoms with Crippen LogP contribution in [0, 0.1) is 6.92 Å². The van der Waals surface area contributed by atoms with E-state index in [0.717, 1.165) is 16.8 Å². The number of ether oxygens (including phenoxy) is 2. The lowest BCUT2D eigenvalue weighted by Gasteiger charge is -2.11.